The van der Waals surface area contributed by atoms with Crippen molar-refractivity contribution >= 4 is 23.2 Å². The summed E-state index contributed by atoms with van der Waals surface area (Å²) in [6, 6.07) is 5.39. The van der Waals surface area contributed by atoms with Crippen molar-refractivity contribution in [1.29, 1.82) is 0 Å². The number of amides is 2. The summed E-state index contributed by atoms with van der Waals surface area (Å²) in [5, 5.41) is 8.51. The summed E-state index contributed by atoms with van der Waals surface area (Å²) < 4.78 is 5.26. The number of ether oxygens (including phenoxy) is 1. The van der Waals surface area contributed by atoms with Crippen LogP contribution in [0.3, 0.4) is 0 Å². The van der Waals surface area contributed by atoms with Crippen LogP contribution in [0.25, 0.3) is 0 Å². The summed E-state index contributed by atoms with van der Waals surface area (Å²) in [5.74, 6) is 0.374. The lowest BCUT2D eigenvalue weighted by Crippen LogP contribution is -2.25. The summed E-state index contributed by atoms with van der Waals surface area (Å²) in [6.45, 7) is 0.530. The van der Waals surface area contributed by atoms with Crippen molar-refractivity contribution in [1.82, 2.24) is 5.32 Å². The van der Waals surface area contributed by atoms with Gasteiger partial charge in [-0.25, -0.2) is 0 Å². The zero-order valence-corrected chi connectivity index (χ0v) is 9.45. The largest absolute Gasteiger partial charge is 0.482 e. The molecule has 2 aliphatic rings. The number of carbonyl (C=O) groups is 2. The maximum atomic E-state index is 11.2. The summed E-state index contributed by atoms with van der Waals surface area (Å²) in [4.78, 5) is 22.2. The van der Waals surface area contributed by atoms with E-state index in [2.05, 4.69) is 16.0 Å². The van der Waals surface area contributed by atoms with Crippen LogP contribution in [0.1, 0.15) is 0 Å². The lowest BCUT2D eigenvalue weighted by molar-refractivity contribution is -0.118. The number of carbonyl (C=O) groups excluding carboxylic acids is 2. The van der Waals surface area contributed by atoms with Crippen molar-refractivity contribution < 1.29 is 14.3 Å². The molecule has 6 heteroatoms. The molecule has 0 atom stereocenters. The molecular formula is C12H11N3O3. The van der Waals surface area contributed by atoms with E-state index in [-0.39, 0.29) is 18.4 Å². The van der Waals surface area contributed by atoms with Gasteiger partial charge in [-0.2, -0.15) is 0 Å². The Hall–Kier alpha value is -2.50. The molecule has 0 unspecified atom stereocenters. The number of rotatable bonds is 2. The third-order valence-corrected chi connectivity index (χ3v) is 2.68. The van der Waals surface area contributed by atoms with Crippen LogP contribution in [0.2, 0.25) is 0 Å². The van der Waals surface area contributed by atoms with Crippen molar-refractivity contribution in [3.63, 3.8) is 0 Å². The number of nitrogens with one attached hydrogen (secondary N) is 3. The van der Waals surface area contributed by atoms with Crippen LogP contribution < -0.4 is 20.7 Å². The highest BCUT2D eigenvalue weighted by molar-refractivity contribution is 5.96. The highest BCUT2D eigenvalue weighted by Crippen LogP contribution is 2.30. The van der Waals surface area contributed by atoms with Gasteiger partial charge in [-0.05, 0) is 18.2 Å². The molecule has 0 saturated carbocycles. The van der Waals surface area contributed by atoms with Crippen molar-refractivity contribution in [3.8, 4) is 5.75 Å². The molecule has 6 nitrogen and oxygen atoms in total. The van der Waals surface area contributed by atoms with Crippen LogP contribution in [0.15, 0.2) is 30.0 Å². The summed E-state index contributed by atoms with van der Waals surface area (Å²) in [5.41, 5.74) is 2.22. The molecule has 0 saturated heterocycles. The van der Waals surface area contributed by atoms with E-state index in [1.165, 1.54) is 6.08 Å². The van der Waals surface area contributed by atoms with Crippen LogP contribution in [0.4, 0.5) is 11.4 Å². The Balaban J connectivity index is 1.82. The second-order valence-electron chi connectivity index (χ2n) is 4.06. The minimum absolute atomic E-state index is 0.0450. The van der Waals surface area contributed by atoms with Crippen LogP contribution in [-0.2, 0) is 9.59 Å². The average molecular weight is 245 g/mol. The van der Waals surface area contributed by atoms with E-state index in [1.54, 1.807) is 12.1 Å². The van der Waals surface area contributed by atoms with Crippen molar-refractivity contribution in [3.05, 3.63) is 30.0 Å². The van der Waals surface area contributed by atoms with Gasteiger partial charge in [0.2, 0.25) is 5.91 Å². The molecular weight excluding hydrogens is 234 g/mol. The molecule has 0 aliphatic carbocycles. The second kappa shape index (κ2) is 4.06. The lowest BCUT2D eigenvalue weighted by atomic mass is 10.2. The molecule has 2 aliphatic heterocycles. The van der Waals surface area contributed by atoms with E-state index >= 15 is 0 Å². The predicted octanol–water partition coefficient (Wildman–Crippen LogP) is 0.443. The third-order valence-electron chi connectivity index (χ3n) is 2.68. The molecule has 18 heavy (non-hydrogen) atoms. The van der Waals surface area contributed by atoms with Crippen molar-refractivity contribution in [2.45, 2.75) is 0 Å². The molecule has 1 aromatic rings. The Bertz CT molecular complexity index is 566. The van der Waals surface area contributed by atoms with Crippen LogP contribution >= 0.6 is 0 Å². The summed E-state index contributed by atoms with van der Waals surface area (Å²) in [6.07, 6.45) is 1.51. The molecule has 0 fully saturated rings. The fourth-order valence-corrected chi connectivity index (χ4v) is 1.87. The molecule has 3 rings (SSSR count). The number of benzene rings is 1. The van der Waals surface area contributed by atoms with Gasteiger partial charge in [-0.15, -0.1) is 0 Å². The first-order valence-electron chi connectivity index (χ1n) is 5.53. The van der Waals surface area contributed by atoms with Gasteiger partial charge in [0.15, 0.2) is 6.61 Å². The van der Waals surface area contributed by atoms with Gasteiger partial charge in [-0.1, -0.05) is 0 Å². The first-order chi connectivity index (χ1) is 8.70. The molecule has 0 bridgehead atoms. The van der Waals surface area contributed by atoms with E-state index < -0.39 is 0 Å². The molecule has 92 valence electrons. The van der Waals surface area contributed by atoms with Crippen LogP contribution in [-0.4, -0.2) is 25.0 Å². The third kappa shape index (κ3) is 2.00. The number of anilines is 2. The topological polar surface area (TPSA) is 79.5 Å². The van der Waals surface area contributed by atoms with Crippen molar-refractivity contribution in [2.24, 2.45) is 0 Å². The quantitative estimate of drug-likeness (QED) is 0.706. The Labute approximate surface area is 103 Å². The van der Waals surface area contributed by atoms with E-state index in [1.807, 2.05) is 6.07 Å². The van der Waals surface area contributed by atoms with E-state index in [0.29, 0.717) is 18.0 Å². The van der Waals surface area contributed by atoms with Gasteiger partial charge in [0.1, 0.15) is 5.75 Å². The zero-order valence-electron chi connectivity index (χ0n) is 9.45. The van der Waals surface area contributed by atoms with Gasteiger partial charge in [0.25, 0.3) is 5.91 Å². The Morgan fingerprint density at radius 2 is 2.17 bits per heavy atom. The van der Waals surface area contributed by atoms with Gasteiger partial charge in [-0.3, -0.25) is 9.59 Å². The van der Waals surface area contributed by atoms with Gasteiger partial charge in [0.05, 0.1) is 12.2 Å². The number of hydrogen-bond acceptors (Lipinski definition) is 4. The van der Waals surface area contributed by atoms with Gasteiger partial charge in [0, 0.05) is 17.5 Å². The standard InChI is InChI=1S/C12H11N3O3/c16-11-4-8(5-13-11)14-7-1-2-10-9(3-7)15-12(17)6-18-10/h1-4,14H,5-6H2,(H,13,16)(H,15,17). The maximum absolute atomic E-state index is 11.2. The summed E-state index contributed by atoms with van der Waals surface area (Å²) >= 11 is 0. The molecule has 0 radical (unpaired) electrons. The minimum atomic E-state index is -0.170. The van der Waals surface area contributed by atoms with Gasteiger partial charge < -0.3 is 20.7 Å². The average Bonchev–Trinajstić information content (AvgIpc) is 2.74. The highest BCUT2D eigenvalue weighted by Gasteiger charge is 2.17. The molecule has 0 spiro atoms. The Morgan fingerprint density at radius 3 is 2.94 bits per heavy atom. The molecule has 2 amide bonds. The number of fused-ring (bicyclic) bond motifs is 1. The van der Waals surface area contributed by atoms with E-state index in [4.69, 9.17) is 4.74 Å². The normalized spacial score (nSPS) is 17.2. The van der Waals surface area contributed by atoms with Crippen LogP contribution in [0, 0.1) is 0 Å². The van der Waals surface area contributed by atoms with Crippen LogP contribution in [0.5, 0.6) is 5.75 Å². The van der Waals surface area contributed by atoms with E-state index in [9.17, 15) is 9.59 Å². The predicted molar refractivity (Wildman–Crippen MR) is 65.3 cm³/mol. The maximum Gasteiger partial charge on any atom is 0.262 e. The fourth-order valence-electron chi connectivity index (χ4n) is 1.87. The SMILES string of the molecule is O=C1C=C(Nc2ccc3c(c2)NC(=O)CO3)CN1. The lowest BCUT2D eigenvalue weighted by Gasteiger charge is -2.19. The number of hydrogen-bond donors (Lipinski definition) is 3. The van der Waals surface area contributed by atoms with Gasteiger partial charge >= 0.3 is 0 Å². The fraction of sp³-hybridized carbons (Fsp3) is 0.167. The minimum Gasteiger partial charge on any atom is -0.482 e. The first kappa shape index (κ1) is 10.6. The molecule has 3 N–H and O–H groups in total. The zero-order chi connectivity index (χ0) is 12.5. The smallest absolute Gasteiger partial charge is 0.262 e. The second-order valence-corrected chi connectivity index (χ2v) is 4.06. The van der Waals surface area contributed by atoms with E-state index in [0.717, 1.165) is 11.4 Å². The molecule has 2 heterocycles. The van der Waals surface area contributed by atoms with Crippen molar-refractivity contribution in [2.75, 3.05) is 23.8 Å². The molecule has 0 aromatic heterocycles. The Kier molecular flexibility index (Phi) is 2.40. The monoisotopic (exact) mass is 245 g/mol. The summed E-state index contributed by atoms with van der Waals surface area (Å²) in [7, 11) is 0. The Morgan fingerprint density at radius 1 is 1.28 bits per heavy atom. The molecule has 1 aromatic carbocycles. The highest BCUT2D eigenvalue weighted by atomic mass is 16.5. The first-order valence-corrected chi connectivity index (χ1v) is 5.53.